The van der Waals surface area contributed by atoms with E-state index in [4.69, 9.17) is 27.6 Å². The molecule has 1 aromatic carbocycles. The second kappa shape index (κ2) is 6.81. The van der Waals surface area contributed by atoms with Crippen LogP contribution in [0.5, 0.6) is 0 Å². The third-order valence-electron chi connectivity index (χ3n) is 3.93. The first-order valence-electron chi connectivity index (χ1n) is 7.55. The predicted molar refractivity (Wildman–Crippen MR) is 92.5 cm³/mol. The molecule has 3 rings (SSSR count). The molecule has 1 aliphatic carbocycles. The van der Waals surface area contributed by atoms with E-state index in [1.165, 1.54) is 0 Å². The number of furan rings is 1. The number of hydrogen-bond donors (Lipinski definition) is 0. The molecule has 3 nitrogen and oxygen atoms in total. The molecule has 1 heterocycles. The van der Waals surface area contributed by atoms with Gasteiger partial charge in [0.15, 0.2) is 0 Å². The zero-order chi connectivity index (χ0) is 16.4. The van der Waals surface area contributed by atoms with E-state index >= 15 is 0 Å². The van der Waals surface area contributed by atoms with E-state index < -0.39 is 0 Å². The van der Waals surface area contributed by atoms with Crippen molar-refractivity contribution in [2.75, 3.05) is 0 Å². The van der Waals surface area contributed by atoms with Crippen LogP contribution in [0.25, 0.3) is 6.08 Å². The number of nitrogens with zero attached hydrogens (tertiary/aromatic N) is 1. The van der Waals surface area contributed by atoms with Crippen molar-refractivity contribution >= 4 is 35.2 Å². The number of amides is 1. The largest absolute Gasteiger partial charge is 0.467 e. The second-order valence-electron chi connectivity index (χ2n) is 5.67. The Morgan fingerprint density at radius 1 is 1.35 bits per heavy atom. The van der Waals surface area contributed by atoms with E-state index in [1.54, 1.807) is 36.6 Å². The maximum Gasteiger partial charge on any atom is 0.247 e. The number of carbonyl (C=O) groups excluding carboxylic acids is 1. The van der Waals surface area contributed by atoms with Crippen molar-refractivity contribution in [1.82, 2.24) is 4.90 Å². The van der Waals surface area contributed by atoms with Crippen molar-refractivity contribution < 1.29 is 9.21 Å². The van der Waals surface area contributed by atoms with Crippen LogP contribution < -0.4 is 0 Å². The zero-order valence-electron chi connectivity index (χ0n) is 12.7. The fraction of sp³-hybridized carbons (Fsp3) is 0.278. The van der Waals surface area contributed by atoms with Crippen LogP contribution in [-0.4, -0.2) is 16.8 Å². The van der Waals surface area contributed by atoms with Crippen LogP contribution >= 0.6 is 23.2 Å². The van der Waals surface area contributed by atoms with Gasteiger partial charge in [-0.15, -0.1) is 0 Å². The molecule has 5 heteroatoms. The Morgan fingerprint density at radius 2 is 2.13 bits per heavy atom. The standard InChI is InChI=1S/C18H17Cl2NO2/c1-12(17-3-2-10-23-17)21(15-6-7-15)18(22)9-4-13-11-14(19)5-8-16(13)20/h2-5,8-12,15H,6-7H2,1H3/b9-4+. The highest BCUT2D eigenvalue weighted by atomic mass is 35.5. The monoisotopic (exact) mass is 349 g/mol. The summed E-state index contributed by atoms with van der Waals surface area (Å²) in [6.45, 7) is 1.98. The normalized spacial score (nSPS) is 15.8. The van der Waals surface area contributed by atoms with E-state index in [0.29, 0.717) is 10.0 Å². The van der Waals surface area contributed by atoms with Gasteiger partial charge in [0.05, 0.1) is 12.3 Å². The molecule has 1 saturated carbocycles. The Labute approximate surface area is 145 Å². The van der Waals surface area contributed by atoms with Gasteiger partial charge in [-0.1, -0.05) is 23.2 Å². The molecule has 0 bridgehead atoms. The number of carbonyl (C=O) groups is 1. The van der Waals surface area contributed by atoms with Crippen LogP contribution in [0.3, 0.4) is 0 Å². The minimum Gasteiger partial charge on any atom is -0.467 e. The van der Waals surface area contributed by atoms with Crippen LogP contribution in [0.2, 0.25) is 10.0 Å². The molecule has 0 aliphatic heterocycles. The first kappa shape index (κ1) is 16.2. The summed E-state index contributed by atoms with van der Waals surface area (Å²) in [5.41, 5.74) is 0.730. The molecule has 23 heavy (non-hydrogen) atoms. The minimum absolute atomic E-state index is 0.0487. The molecule has 1 amide bonds. The van der Waals surface area contributed by atoms with E-state index in [9.17, 15) is 4.79 Å². The second-order valence-corrected chi connectivity index (χ2v) is 6.51. The Hall–Kier alpha value is -1.71. The first-order chi connectivity index (χ1) is 11.1. The van der Waals surface area contributed by atoms with Gasteiger partial charge in [-0.25, -0.2) is 0 Å². The lowest BCUT2D eigenvalue weighted by molar-refractivity contribution is -0.129. The van der Waals surface area contributed by atoms with E-state index in [0.717, 1.165) is 24.2 Å². The van der Waals surface area contributed by atoms with Crippen LogP contribution in [0.1, 0.15) is 37.1 Å². The molecular formula is C18H17Cl2NO2. The van der Waals surface area contributed by atoms with Gasteiger partial charge in [-0.3, -0.25) is 4.79 Å². The van der Waals surface area contributed by atoms with Gasteiger partial charge in [0.2, 0.25) is 5.91 Å². The van der Waals surface area contributed by atoms with Crippen molar-refractivity contribution in [2.24, 2.45) is 0 Å². The number of rotatable bonds is 5. The van der Waals surface area contributed by atoms with Crippen molar-refractivity contribution in [3.05, 3.63) is 64.0 Å². The molecule has 1 aromatic heterocycles. The minimum atomic E-state index is -0.0931. The Balaban J connectivity index is 1.79. The molecule has 1 unspecified atom stereocenters. The molecule has 0 saturated heterocycles. The summed E-state index contributed by atoms with van der Waals surface area (Å²) in [4.78, 5) is 14.5. The quantitative estimate of drug-likeness (QED) is 0.681. The van der Waals surface area contributed by atoms with Crippen LogP contribution in [-0.2, 0) is 4.79 Å². The molecule has 0 spiro atoms. The van der Waals surface area contributed by atoms with Crippen LogP contribution in [0.4, 0.5) is 0 Å². The summed E-state index contributed by atoms with van der Waals surface area (Å²) >= 11 is 12.1. The molecular weight excluding hydrogens is 333 g/mol. The Morgan fingerprint density at radius 3 is 2.78 bits per heavy atom. The topological polar surface area (TPSA) is 33.5 Å². The van der Waals surface area contributed by atoms with Gasteiger partial charge >= 0.3 is 0 Å². The summed E-state index contributed by atoms with van der Waals surface area (Å²) in [5.74, 6) is 0.742. The van der Waals surface area contributed by atoms with Gasteiger partial charge in [0.25, 0.3) is 0 Å². The smallest absolute Gasteiger partial charge is 0.247 e. The maximum absolute atomic E-state index is 12.7. The lowest BCUT2D eigenvalue weighted by Gasteiger charge is -2.26. The van der Waals surface area contributed by atoms with Crippen LogP contribution in [0.15, 0.2) is 47.1 Å². The SMILES string of the molecule is CC(c1ccco1)N(C(=O)/C=C/c1cc(Cl)ccc1Cl)C1CC1. The average molecular weight is 350 g/mol. The summed E-state index contributed by atoms with van der Waals surface area (Å²) in [5, 5.41) is 1.15. The summed E-state index contributed by atoms with van der Waals surface area (Å²) < 4.78 is 5.45. The third kappa shape index (κ3) is 3.80. The molecule has 1 aliphatic rings. The lowest BCUT2D eigenvalue weighted by atomic mass is 10.1. The third-order valence-corrected chi connectivity index (χ3v) is 4.51. The number of hydrogen-bond acceptors (Lipinski definition) is 2. The van der Waals surface area contributed by atoms with Gasteiger partial charge < -0.3 is 9.32 Å². The Bertz CT molecular complexity index is 721. The first-order valence-corrected chi connectivity index (χ1v) is 8.30. The summed E-state index contributed by atoms with van der Waals surface area (Å²) in [6.07, 6.45) is 6.95. The molecule has 2 aromatic rings. The van der Waals surface area contributed by atoms with Crippen molar-refractivity contribution in [3.63, 3.8) is 0 Å². The highest BCUT2D eigenvalue weighted by Crippen LogP contribution is 2.35. The summed E-state index contributed by atoms with van der Waals surface area (Å²) in [6, 6.07) is 9.10. The van der Waals surface area contributed by atoms with E-state index in [1.807, 2.05) is 24.0 Å². The number of benzene rings is 1. The average Bonchev–Trinajstić information content (AvgIpc) is 3.20. The Kier molecular flexibility index (Phi) is 4.79. The molecule has 0 N–H and O–H groups in total. The van der Waals surface area contributed by atoms with E-state index in [-0.39, 0.29) is 18.0 Å². The molecule has 0 radical (unpaired) electrons. The van der Waals surface area contributed by atoms with Crippen molar-refractivity contribution in [1.29, 1.82) is 0 Å². The van der Waals surface area contributed by atoms with Gasteiger partial charge in [0, 0.05) is 22.2 Å². The van der Waals surface area contributed by atoms with Gasteiger partial charge in [-0.2, -0.15) is 0 Å². The highest BCUT2D eigenvalue weighted by Gasteiger charge is 2.36. The van der Waals surface area contributed by atoms with Gasteiger partial charge in [-0.05, 0) is 61.7 Å². The highest BCUT2D eigenvalue weighted by molar-refractivity contribution is 6.34. The summed E-state index contributed by atoms with van der Waals surface area (Å²) in [7, 11) is 0. The molecule has 1 fully saturated rings. The lowest BCUT2D eigenvalue weighted by Crippen LogP contribution is -2.34. The van der Waals surface area contributed by atoms with Crippen molar-refractivity contribution in [3.8, 4) is 0 Å². The fourth-order valence-electron chi connectivity index (χ4n) is 2.60. The van der Waals surface area contributed by atoms with Gasteiger partial charge in [0.1, 0.15) is 5.76 Å². The van der Waals surface area contributed by atoms with Crippen molar-refractivity contribution in [2.45, 2.75) is 31.8 Å². The maximum atomic E-state index is 12.7. The zero-order valence-corrected chi connectivity index (χ0v) is 14.2. The molecule has 1 atom stereocenters. The molecule has 120 valence electrons. The van der Waals surface area contributed by atoms with Crippen LogP contribution in [0, 0.1) is 0 Å². The van der Waals surface area contributed by atoms with E-state index in [2.05, 4.69) is 0 Å². The predicted octanol–water partition coefficient (Wildman–Crippen LogP) is 5.35. The fourth-order valence-corrected chi connectivity index (χ4v) is 2.96. The number of halogens is 2.